The second kappa shape index (κ2) is 9.01. The number of carbonyl (C=O) groups excluding carboxylic acids is 1. The van der Waals surface area contributed by atoms with Crippen LogP contribution in [0.5, 0.6) is 0 Å². The Morgan fingerprint density at radius 3 is 2.67 bits per heavy atom. The summed E-state index contributed by atoms with van der Waals surface area (Å²) in [6.07, 6.45) is 3.56. The van der Waals surface area contributed by atoms with Gasteiger partial charge in [0.15, 0.2) is 0 Å². The van der Waals surface area contributed by atoms with Crippen molar-refractivity contribution in [1.29, 1.82) is 0 Å². The number of alkyl carbamates (subject to hydrolysis) is 1. The molecule has 0 bridgehead atoms. The first-order valence-corrected chi connectivity index (χ1v) is 12.1. The maximum absolute atomic E-state index is 12.1. The Morgan fingerprint density at radius 2 is 2.06 bits per heavy atom. The van der Waals surface area contributed by atoms with Gasteiger partial charge < -0.3 is 25.0 Å². The molecule has 4 unspecified atom stereocenters. The van der Waals surface area contributed by atoms with E-state index in [1.165, 1.54) is 12.0 Å². The van der Waals surface area contributed by atoms with Crippen molar-refractivity contribution < 1.29 is 19.4 Å². The molecule has 0 spiro atoms. The van der Waals surface area contributed by atoms with Gasteiger partial charge in [0.2, 0.25) is 0 Å². The molecular weight excluding hydrogens is 418 g/mol. The van der Waals surface area contributed by atoms with Crippen molar-refractivity contribution in [3.8, 4) is 0 Å². The molecule has 1 saturated carbocycles. The molecule has 2 heterocycles. The molecule has 2 aromatic rings. The van der Waals surface area contributed by atoms with Gasteiger partial charge in [0.1, 0.15) is 12.3 Å². The van der Waals surface area contributed by atoms with E-state index >= 15 is 0 Å². The van der Waals surface area contributed by atoms with Gasteiger partial charge in [0, 0.05) is 22.9 Å². The molecule has 4 rings (SSSR count). The van der Waals surface area contributed by atoms with Gasteiger partial charge in [0.25, 0.3) is 0 Å². The minimum absolute atomic E-state index is 0.0966. The SMILES string of the molecule is CC1CCC(C(C)C)C(c2ccc3[nH]c(C(=O)O)c(CCN(C)C)c3c2)(C2COC(=O)N2)C1. The zero-order valence-electron chi connectivity index (χ0n) is 20.4. The maximum Gasteiger partial charge on any atom is 0.407 e. The van der Waals surface area contributed by atoms with Gasteiger partial charge in [-0.3, -0.25) is 0 Å². The summed E-state index contributed by atoms with van der Waals surface area (Å²) in [7, 11) is 3.99. The van der Waals surface area contributed by atoms with Crippen LogP contribution in [-0.2, 0) is 16.6 Å². The quantitative estimate of drug-likeness (QED) is 0.575. The normalized spacial score (nSPS) is 27.8. The molecule has 1 aromatic heterocycles. The average Bonchev–Trinajstić information content (AvgIpc) is 3.35. The van der Waals surface area contributed by atoms with Gasteiger partial charge >= 0.3 is 12.1 Å². The summed E-state index contributed by atoms with van der Waals surface area (Å²) in [6, 6.07) is 6.26. The Morgan fingerprint density at radius 1 is 1.30 bits per heavy atom. The number of hydrogen-bond donors (Lipinski definition) is 3. The molecule has 1 aliphatic heterocycles. The van der Waals surface area contributed by atoms with Gasteiger partial charge in [0.05, 0.1) is 6.04 Å². The highest BCUT2D eigenvalue weighted by molar-refractivity contribution is 5.97. The van der Waals surface area contributed by atoms with Gasteiger partial charge in [-0.05, 0) is 74.4 Å². The molecule has 1 saturated heterocycles. The molecular formula is C26H37N3O4. The van der Waals surface area contributed by atoms with Crippen molar-refractivity contribution in [2.45, 2.75) is 57.9 Å². The molecule has 4 atom stereocenters. The molecule has 1 amide bonds. The third-order valence-electron chi connectivity index (χ3n) is 7.88. The number of nitrogens with zero attached hydrogens (tertiary/aromatic N) is 1. The Bertz CT molecular complexity index is 1040. The number of carbonyl (C=O) groups is 2. The summed E-state index contributed by atoms with van der Waals surface area (Å²) in [5.74, 6) is 0.433. The standard InChI is InChI=1S/C26H37N3O4/c1-15(2)20-8-6-16(3)13-26(20,22-14-33-25(32)28-22)17-7-9-21-19(12-17)18(10-11-29(4)5)23(27-21)24(30)31/h7,9,12,15-16,20,22,27H,6,8,10-11,13-14H2,1-5H3,(H,28,32)(H,30,31). The Balaban J connectivity index is 1.90. The van der Waals surface area contributed by atoms with E-state index in [0.717, 1.165) is 35.9 Å². The highest BCUT2D eigenvalue weighted by atomic mass is 16.6. The van der Waals surface area contributed by atoms with E-state index in [2.05, 4.69) is 48.1 Å². The van der Waals surface area contributed by atoms with Crippen molar-refractivity contribution in [3.63, 3.8) is 0 Å². The number of cyclic esters (lactones) is 1. The number of nitrogens with one attached hydrogen (secondary N) is 2. The number of H-pyrrole nitrogens is 1. The van der Waals surface area contributed by atoms with Crippen LogP contribution in [-0.4, -0.2) is 60.3 Å². The number of ether oxygens (including phenoxy) is 1. The molecule has 180 valence electrons. The number of hydrogen-bond acceptors (Lipinski definition) is 4. The first-order chi connectivity index (χ1) is 15.6. The third-order valence-corrected chi connectivity index (χ3v) is 7.88. The zero-order valence-corrected chi connectivity index (χ0v) is 20.4. The van der Waals surface area contributed by atoms with Crippen LogP contribution in [0.2, 0.25) is 0 Å². The van der Waals surface area contributed by atoms with Crippen LogP contribution < -0.4 is 5.32 Å². The fourth-order valence-electron chi connectivity index (χ4n) is 6.39. The van der Waals surface area contributed by atoms with Crippen LogP contribution in [0.1, 0.15) is 61.6 Å². The van der Waals surface area contributed by atoms with Crippen LogP contribution in [0.15, 0.2) is 18.2 Å². The molecule has 1 aromatic carbocycles. The average molecular weight is 456 g/mol. The van der Waals surface area contributed by atoms with Crippen molar-refractivity contribution in [2.75, 3.05) is 27.2 Å². The number of fused-ring (bicyclic) bond motifs is 1. The molecule has 7 heteroatoms. The summed E-state index contributed by atoms with van der Waals surface area (Å²) in [4.78, 5) is 29.3. The lowest BCUT2D eigenvalue weighted by atomic mass is 9.54. The van der Waals surface area contributed by atoms with E-state index in [9.17, 15) is 14.7 Å². The van der Waals surface area contributed by atoms with Gasteiger partial charge in [-0.2, -0.15) is 0 Å². The van der Waals surface area contributed by atoms with Crippen LogP contribution >= 0.6 is 0 Å². The summed E-state index contributed by atoms with van der Waals surface area (Å²) in [5, 5.41) is 13.9. The Kier molecular flexibility index (Phi) is 6.45. The molecule has 1 aliphatic carbocycles. The minimum Gasteiger partial charge on any atom is -0.477 e. The predicted octanol–water partition coefficient (Wildman–Crippen LogP) is 4.41. The second-order valence-electron chi connectivity index (χ2n) is 10.7. The fraction of sp³-hybridized carbons (Fsp3) is 0.615. The molecule has 2 aliphatic rings. The summed E-state index contributed by atoms with van der Waals surface area (Å²) < 4.78 is 5.40. The zero-order chi connectivity index (χ0) is 23.9. The lowest BCUT2D eigenvalue weighted by molar-refractivity contribution is 0.0678. The van der Waals surface area contributed by atoms with E-state index in [-0.39, 0.29) is 23.2 Å². The van der Waals surface area contributed by atoms with Crippen molar-refractivity contribution >= 4 is 23.0 Å². The highest BCUT2D eigenvalue weighted by Gasteiger charge is 2.53. The van der Waals surface area contributed by atoms with Crippen molar-refractivity contribution in [3.05, 3.63) is 35.0 Å². The number of carboxylic acids is 1. The van der Waals surface area contributed by atoms with E-state index in [1.807, 2.05) is 20.2 Å². The number of rotatable bonds is 7. The van der Waals surface area contributed by atoms with E-state index in [0.29, 0.717) is 30.8 Å². The van der Waals surface area contributed by atoms with E-state index in [4.69, 9.17) is 4.74 Å². The smallest absolute Gasteiger partial charge is 0.407 e. The van der Waals surface area contributed by atoms with Crippen LogP contribution in [0.4, 0.5) is 4.79 Å². The topological polar surface area (TPSA) is 94.7 Å². The number of benzene rings is 1. The van der Waals surface area contributed by atoms with Crippen LogP contribution in [0.25, 0.3) is 10.9 Å². The lowest BCUT2D eigenvalue weighted by Crippen LogP contribution is -2.56. The molecule has 3 N–H and O–H groups in total. The monoisotopic (exact) mass is 455 g/mol. The van der Waals surface area contributed by atoms with E-state index < -0.39 is 5.97 Å². The first kappa shape index (κ1) is 23.6. The Hall–Kier alpha value is -2.54. The van der Waals surface area contributed by atoms with Gasteiger partial charge in [-0.25, -0.2) is 9.59 Å². The van der Waals surface area contributed by atoms with Crippen LogP contribution in [0, 0.1) is 17.8 Å². The highest BCUT2D eigenvalue weighted by Crippen LogP contribution is 2.52. The summed E-state index contributed by atoms with van der Waals surface area (Å²) in [6.45, 7) is 7.97. The first-order valence-electron chi connectivity index (χ1n) is 12.1. The summed E-state index contributed by atoms with van der Waals surface area (Å²) >= 11 is 0. The number of amides is 1. The number of aromatic carboxylic acids is 1. The van der Waals surface area contributed by atoms with Crippen molar-refractivity contribution in [1.82, 2.24) is 15.2 Å². The molecule has 2 fully saturated rings. The lowest BCUT2D eigenvalue weighted by Gasteiger charge is -2.51. The minimum atomic E-state index is -0.931. The van der Waals surface area contributed by atoms with E-state index in [1.54, 1.807) is 0 Å². The third kappa shape index (κ3) is 4.23. The van der Waals surface area contributed by atoms with Gasteiger partial charge in [-0.1, -0.05) is 33.3 Å². The summed E-state index contributed by atoms with van der Waals surface area (Å²) in [5.41, 5.74) is 2.88. The number of aromatic amines is 1. The van der Waals surface area contributed by atoms with Crippen LogP contribution in [0.3, 0.4) is 0 Å². The number of carboxylic acid groups (broad SMARTS) is 1. The Labute approximate surface area is 195 Å². The number of likely N-dealkylation sites (N-methyl/N-ethyl adjacent to an activating group) is 1. The van der Waals surface area contributed by atoms with Gasteiger partial charge in [-0.15, -0.1) is 0 Å². The molecule has 33 heavy (non-hydrogen) atoms. The number of aromatic nitrogens is 1. The second-order valence-corrected chi connectivity index (χ2v) is 10.7. The fourth-order valence-corrected chi connectivity index (χ4v) is 6.39. The maximum atomic E-state index is 12.1. The molecule has 7 nitrogen and oxygen atoms in total. The van der Waals surface area contributed by atoms with Crippen molar-refractivity contribution in [2.24, 2.45) is 17.8 Å². The largest absolute Gasteiger partial charge is 0.477 e. The molecule has 0 radical (unpaired) electrons. The predicted molar refractivity (Wildman–Crippen MR) is 129 cm³/mol.